The van der Waals surface area contributed by atoms with Gasteiger partial charge in [-0.15, -0.1) is 11.3 Å². The largest absolute Gasteiger partial charge is 0.461 e. The van der Waals surface area contributed by atoms with Gasteiger partial charge in [-0.05, 0) is 32.1 Å². The van der Waals surface area contributed by atoms with E-state index in [0.717, 1.165) is 23.1 Å². The van der Waals surface area contributed by atoms with Gasteiger partial charge in [-0.25, -0.2) is 9.78 Å². The monoisotopic (exact) mass is 282 g/mol. The van der Waals surface area contributed by atoms with Gasteiger partial charge in [-0.1, -0.05) is 13.8 Å². The number of carbonyl (C=O) groups is 1. The summed E-state index contributed by atoms with van der Waals surface area (Å²) in [5, 5.41) is 0.957. The molecule has 106 valence electrons. The smallest absolute Gasteiger partial charge is 0.358 e. The normalized spacial score (nSPS) is 23.5. The minimum atomic E-state index is -0.305. The van der Waals surface area contributed by atoms with Gasteiger partial charge < -0.3 is 9.64 Å². The zero-order valence-electron chi connectivity index (χ0n) is 12.1. The number of thiazole rings is 1. The average Bonchev–Trinajstić information content (AvgIpc) is 2.70. The molecule has 2 heterocycles. The number of nitrogens with zero attached hydrogens (tertiary/aromatic N) is 2. The number of esters is 1. The van der Waals surface area contributed by atoms with Crippen LogP contribution in [-0.4, -0.2) is 30.6 Å². The van der Waals surface area contributed by atoms with Gasteiger partial charge >= 0.3 is 5.97 Å². The molecule has 2 unspecified atom stereocenters. The van der Waals surface area contributed by atoms with Crippen molar-refractivity contribution < 1.29 is 9.53 Å². The fourth-order valence-electron chi connectivity index (χ4n) is 2.73. The summed E-state index contributed by atoms with van der Waals surface area (Å²) in [5.41, 5.74) is 0.479. The van der Waals surface area contributed by atoms with Crippen molar-refractivity contribution in [2.75, 3.05) is 24.6 Å². The highest BCUT2D eigenvalue weighted by Crippen LogP contribution is 2.31. The lowest BCUT2D eigenvalue weighted by molar-refractivity contribution is 0.0519. The van der Waals surface area contributed by atoms with Crippen LogP contribution in [0.5, 0.6) is 0 Å². The van der Waals surface area contributed by atoms with E-state index in [9.17, 15) is 4.79 Å². The Morgan fingerprint density at radius 1 is 1.42 bits per heavy atom. The predicted octanol–water partition coefficient (Wildman–Crippen LogP) is 3.11. The van der Waals surface area contributed by atoms with E-state index >= 15 is 0 Å². The number of rotatable bonds is 3. The summed E-state index contributed by atoms with van der Waals surface area (Å²) in [6.45, 7) is 10.7. The molecule has 0 aliphatic carbocycles. The van der Waals surface area contributed by atoms with Crippen LogP contribution in [0.3, 0.4) is 0 Å². The molecule has 2 atom stereocenters. The Hall–Kier alpha value is -1.10. The number of anilines is 1. The molecule has 1 saturated heterocycles. The minimum absolute atomic E-state index is 0.305. The number of ether oxygens (including phenoxy) is 1. The quantitative estimate of drug-likeness (QED) is 0.799. The van der Waals surface area contributed by atoms with Crippen molar-refractivity contribution in [2.24, 2.45) is 11.8 Å². The van der Waals surface area contributed by atoms with Crippen LogP contribution < -0.4 is 4.90 Å². The molecule has 0 N–H and O–H groups in total. The summed E-state index contributed by atoms with van der Waals surface area (Å²) in [7, 11) is 0. The van der Waals surface area contributed by atoms with Crippen LogP contribution in [0, 0.1) is 18.8 Å². The second kappa shape index (κ2) is 5.90. The molecule has 2 rings (SSSR count). The van der Waals surface area contributed by atoms with E-state index in [4.69, 9.17) is 4.74 Å². The van der Waals surface area contributed by atoms with Crippen LogP contribution >= 0.6 is 11.3 Å². The van der Waals surface area contributed by atoms with Gasteiger partial charge in [0.1, 0.15) is 0 Å². The number of aromatic nitrogens is 1. The molecule has 5 heteroatoms. The number of aryl methyl sites for hydroxylation is 1. The second-order valence-electron chi connectivity index (χ2n) is 5.47. The first kappa shape index (κ1) is 14.3. The van der Waals surface area contributed by atoms with Gasteiger partial charge in [0.05, 0.1) is 6.61 Å². The first-order valence-corrected chi connectivity index (χ1v) is 7.72. The van der Waals surface area contributed by atoms with Crippen molar-refractivity contribution in [1.82, 2.24) is 4.98 Å². The standard InChI is InChI=1S/C14H22N2O2S/c1-5-18-13(17)12-11(4)19-14(15-12)16-7-9(2)6-10(3)8-16/h9-10H,5-8H2,1-4H3. The Morgan fingerprint density at radius 3 is 2.63 bits per heavy atom. The Balaban J connectivity index is 2.17. The number of hydrogen-bond acceptors (Lipinski definition) is 5. The van der Waals surface area contributed by atoms with Gasteiger partial charge in [0.15, 0.2) is 10.8 Å². The molecule has 19 heavy (non-hydrogen) atoms. The van der Waals surface area contributed by atoms with Gasteiger partial charge in [0, 0.05) is 18.0 Å². The van der Waals surface area contributed by atoms with Crippen LogP contribution in [0.1, 0.15) is 42.6 Å². The molecule has 1 aliphatic rings. The fraction of sp³-hybridized carbons (Fsp3) is 0.714. The number of piperidine rings is 1. The maximum Gasteiger partial charge on any atom is 0.358 e. The topological polar surface area (TPSA) is 42.4 Å². The zero-order valence-corrected chi connectivity index (χ0v) is 12.9. The lowest BCUT2D eigenvalue weighted by Gasteiger charge is -2.34. The average molecular weight is 282 g/mol. The molecular formula is C14H22N2O2S. The van der Waals surface area contributed by atoms with Crippen LogP contribution in [-0.2, 0) is 4.74 Å². The number of carbonyl (C=O) groups excluding carboxylic acids is 1. The fourth-order valence-corrected chi connectivity index (χ4v) is 3.64. The van der Waals surface area contributed by atoms with E-state index in [1.165, 1.54) is 6.42 Å². The summed E-state index contributed by atoms with van der Waals surface area (Å²) >= 11 is 1.59. The highest BCUT2D eigenvalue weighted by molar-refractivity contribution is 7.15. The molecule has 1 aliphatic heterocycles. The summed E-state index contributed by atoms with van der Waals surface area (Å²) in [6.07, 6.45) is 1.27. The van der Waals surface area contributed by atoms with E-state index in [-0.39, 0.29) is 5.97 Å². The first-order chi connectivity index (χ1) is 9.01. The molecule has 0 bridgehead atoms. The van der Waals surface area contributed by atoms with Crippen molar-refractivity contribution in [2.45, 2.75) is 34.1 Å². The van der Waals surface area contributed by atoms with Crippen molar-refractivity contribution >= 4 is 22.4 Å². The molecule has 1 fully saturated rings. The minimum Gasteiger partial charge on any atom is -0.461 e. The van der Waals surface area contributed by atoms with Crippen LogP contribution in [0.25, 0.3) is 0 Å². The van der Waals surface area contributed by atoms with Crippen LogP contribution in [0.4, 0.5) is 5.13 Å². The maximum absolute atomic E-state index is 11.8. The summed E-state index contributed by atoms with van der Waals surface area (Å²) in [6, 6.07) is 0. The third-order valence-electron chi connectivity index (χ3n) is 3.39. The molecule has 0 aromatic carbocycles. The lowest BCUT2D eigenvalue weighted by atomic mass is 9.92. The summed E-state index contributed by atoms with van der Waals surface area (Å²) in [5.74, 6) is 1.05. The third kappa shape index (κ3) is 3.26. The van der Waals surface area contributed by atoms with Crippen molar-refractivity contribution in [3.63, 3.8) is 0 Å². The van der Waals surface area contributed by atoms with Gasteiger partial charge in [0.2, 0.25) is 0 Å². The molecule has 0 radical (unpaired) electrons. The summed E-state index contributed by atoms with van der Waals surface area (Å²) < 4.78 is 5.04. The van der Waals surface area contributed by atoms with Gasteiger partial charge in [-0.3, -0.25) is 0 Å². The van der Waals surface area contributed by atoms with E-state index in [0.29, 0.717) is 24.1 Å². The first-order valence-electron chi connectivity index (χ1n) is 6.90. The van der Waals surface area contributed by atoms with E-state index in [1.807, 2.05) is 13.8 Å². The molecular weight excluding hydrogens is 260 g/mol. The Morgan fingerprint density at radius 2 is 2.05 bits per heavy atom. The molecule has 4 nitrogen and oxygen atoms in total. The van der Waals surface area contributed by atoms with Gasteiger partial charge in [-0.2, -0.15) is 0 Å². The Kier molecular flexibility index (Phi) is 4.45. The second-order valence-corrected chi connectivity index (χ2v) is 6.65. The molecule has 0 amide bonds. The lowest BCUT2D eigenvalue weighted by Crippen LogP contribution is -2.38. The highest BCUT2D eigenvalue weighted by Gasteiger charge is 2.26. The Bertz CT molecular complexity index is 448. The van der Waals surface area contributed by atoms with Gasteiger partial charge in [0.25, 0.3) is 0 Å². The maximum atomic E-state index is 11.8. The zero-order chi connectivity index (χ0) is 14.0. The van der Waals surface area contributed by atoms with Crippen LogP contribution in [0.2, 0.25) is 0 Å². The Labute approximate surface area is 118 Å². The van der Waals surface area contributed by atoms with Crippen molar-refractivity contribution in [3.8, 4) is 0 Å². The van der Waals surface area contributed by atoms with Crippen LogP contribution in [0.15, 0.2) is 0 Å². The molecule has 0 spiro atoms. The van der Waals surface area contributed by atoms with Crippen molar-refractivity contribution in [1.29, 1.82) is 0 Å². The predicted molar refractivity (Wildman–Crippen MR) is 78.0 cm³/mol. The van der Waals surface area contributed by atoms with E-state index < -0.39 is 0 Å². The van der Waals surface area contributed by atoms with E-state index in [1.54, 1.807) is 11.3 Å². The summed E-state index contributed by atoms with van der Waals surface area (Å²) in [4.78, 5) is 19.5. The van der Waals surface area contributed by atoms with Crippen molar-refractivity contribution in [3.05, 3.63) is 10.6 Å². The van der Waals surface area contributed by atoms with E-state index in [2.05, 4.69) is 23.7 Å². The highest BCUT2D eigenvalue weighted by atomic mass is 32.1. The molecule has 1 aromatic heterocycles. The SMILES string of the molecule is CCOC(=O)c1nc(N2CC(C)CC(C)C2)sc1C. The number of hydrogen-bond donors (Lipinski definition) is 0. The molecule has 0 saturated carbocycles. The molecule has 1 aromatic rings. The third-order valence-corrected chi connectivity index (χ3v) is 4.43.